The molecule has 0 spiro atoms. The molecule has 0 bridgehead atoms. The predicted molar refractivity (Wildman–Crippen MR) is 59.7 cm³/mol. The summed E-state index contributed by atoms with van der Waals surface area (Å²) in [5.74, 6) is 0.139. The summed E-state index contributed by atoms with van der Waals surface area (Å²) < 4.78 is 16.5. The van der Waals surface area contributed by atoms with Gasteiger partial charge in [0.25, 0.3) is 0 Å². The number of hydrogen-bond acceptors (Lipinski definition) is 3. The van der Waals surface area contributed by atoms with Crippen molar-refractivity contribution in [2.45, 2.75) is 39.6 Å². The second-order valence-electron chi connectivity index (χ2n) is 4.66. The average Bonchev–Trinajstić information content (AvgIpc) is 2.44. The highest BCUT2D eigenvalue weighted by Crippen LogP contribution is 2.22. The molecule has 0 saturated carbocycles. The second-order valence-corrected chi connectivity index (χ2v) is 4.66. The Balaban J connectivity index is 2.07. The Labute approximate surface area is 92.4 Å². The van der Waals surface area contributed by atoms with Crippen LogP contribution in [0.4, 0.5) is 0 Å². The number of rotatable bonds is 5. The maximum atomic E-state index is 5.61. The van der Waals surface area contributed by atoms with Crippen molar-refractivity contribution in [2.75, 3.05) is 19.8 Å². The SMILES string of the molecule is CC(C)/C=C/COCC1COC(C)(C)O1. The van der Waals surface area contributed by atoms with E-state index in [0.29, 0.717) is 25.7 Å². The molecule has 0 radical (unpaired) electrons. The third-order valence-electron chi connectivity index (χ3n) is 2.11. The normalized spacial score (nSPS) is 25.5. The van der Waals surface area contributed by atoms with Crippen molar-refractivity contribution in [3.05, 3.63) is 12.2 Å². The van der Waals surface area contributed by atoms with E-state index in [4.69, 9.17) is 14.2 Å². The zero-order valence-corrected chi connectivity index (χ0v) is 10.2. The van der Waals surface area contributed by atoms with Gasteiger partial charge in [0.05, 0.1) is 19.8 Å². The lowest BCUT2D eigenvalue weighted by Crippen LogP contribution is -2.24. The van der Waals surface area contributed by atoms with Gasteiger partial charge in [-0.05, 0) is 19.8 Å². The van der Waals surface area contributed by atoms with Gasteiger partial charge in [0.1, 0.15) is 6.10 Å². The van der Waals surface area contributed by atoms with Crippen LogP contribution in [-0.4, -0.2) is 31.7 Å². The Morgan fingerprint density at radius 3 is 2.73 bits per heavy atom. The Morgan fingerprint density at radius 2 is 2.20 bits per heavy atom. The largest absolute Gasteiger partial charge is 0.375 e. The van der Waals surface area contributed by atoms with Gasteiger partial charge in [-0.25, -0.2) is 0 Å². The quantitative estimate of drug-likeness (QED) is 0.519. The van der Waals surface area contributed by atoms with Crippen LogP contribution in [0.2, 0.25) is 0 Å². The van der Waals surface area contributed by atoms with E-state index < -0.39 is 5.79 Å². The van der Waals surface area contributed by atoms with Crippen LogP contribution in [-0.2, 0) is 14.2 Å². The summed E-state index contributed by atoms with van der Waals surface area (Å²) in [6.45, 7) is 10.0. The molecule has 3 nitrogen and oxygen atoms in total. The molecular formula is C12H22O3. The minimum Gasteiger partial charge on any atom is -0.375 e. The molecule has 1 heterocycles. The molecule has 1 unspecified atom stereocenters. The van der Waals surface area contributed by atoms with Crippen molar-refractivity contribution < 1.29 is 14.2 Å². The van der Waals surface area contributed by atoms with Crippen LogP contribution in [0.15, 0.2) is 12.2 Å². The first-order valence-electron chi connectivity index (χ1n) is 5.56. The van der Waals surface area contributed by atoms with Gasteiger partial charge in [0.2, 0.25) is 0 Å². The molecule has 15 heavy (non-hydrogen) atoms. The van der Waals surface area contributed by atoms with Gasteiger partial charge in [-0.3, -0.25) is 0 Å². The van der Waals surface area contributed by atoms with E-state index in [0.717, 1.165) is 0 Å². The maximum Gasteiger partial charge on any atom is 0.163 e. The molecule has 1 rings (SSSR count). The Hall–Kier alpha value is -0.380. The fourth-order valence-corrected chi connectivity index (χ4v) is 1.44. The minimum absolute atomic E-state index is 0.0763. The van der Waals surface area contributed by atoms with Crippen LogP contribution in [0.5, 0.6) is 0 Å². The summed E-state index contributed by atoms with van der Waals surface area (Å²) in [5.41, 5.74) is 0. The average molecular weight is 214 g/mol. The van der Waals surface area contributed by atoms with Gasteiger partial charge >= 0.3 is 0 Å². The van der Waals surface area contributed by atoms with Crippen LogP contribution in [0, 0.1) is 5.92 Å². The first-order valence-corrected chi connectivity index (χ1v) is 5.56. The summed E-state index contributed by atoms with van der Waals surface area (Å²) >= 11 is 0. The molecule has 1 fully saturated rings. The molecule has 3 heteroatoms. The second kappa shape index (κ2) is 5.64. The molecule has 1 saturated heterocycles. The summed E-state index contributed by atoms with van der Waals surface area (Å²) in [6.07, 6.45) is 4.26. The van der Waals surface area contributed by atoms with Crippen LogP contribution >= 0.6 is 0 Å². The molecule has 0 aliphatic carbocycles. The summed E-state index contributed by atoms with van der Waals surface area (Å²) in [7, 11) is 0. The van der Waals surface area contributed by atoms with Crippen molar-refractivity contribution in [1.29, 1.82) is 0 Å². The molecule has 1 aliphatic rings. The van der Waals surface area contributed by atoms with Crippen molar-refractivity contribution >= 4 is 0 Å². The van der Waals surface area contributed by atoms with Crippen LogP contribution in [0.3, 0.4) is 0 Å². The molecule has 0 aromatic carbocycles. The maximum absolute atomic E-state index is 5.61. The van der Waals surface area contributed by atoms with Crippen molar-refractivity contribution in [2.24, 2.45) is 5.92 Å². The highest BCUT2D eigenvalue weighted by Gasteiger charge is 2.32. The Bertz CT molecular complexity index is 209. The predicted octanol–water partition coefficient (Wildman–Crippen LogP) is 2.37. The van der Waals surface area contributed by atoms with E-state index in [9.17, 15) is 0 Å². The molecular weight excluding hydrogens is 192 g/mol. The van der Waals surface area contributed by atoms with Gasteiger partial charge in [0.15, 0.2) is 5.79 Å². The zero-order chi connectivity index (χ0) is 11.3. The fourth-order valence-electron chi connectivity index (χ4n) is 1.44. The monoisotopic (exact) mass is 214 g/mol. The molecule has 0 aromatic rings. The summed E-state index contributed by atoms with van der Waals surface area (Å²) in [4.78, 5) is 0. The first-order chi connectivity index (χ1) is 6.99. The lowest BCUT2D eigenvalue weighted by Gasteiger charge is -2.16. The zero-order valence-electron chi connectivity index (χ0n) is 10.2. The molecule has 1 aliphatic heterocycles. The van der Waals surface area contributed by atoms with E-state index in [1.807, 2.05) is 19.9 Å². The first kappa shape index (κ1) is 12.7. The lowest BCUT2D eigenvalue weighted by atomic mass is 10.2. The van der Waals surface area contributed by atoms with Crippen molar-refractivity contribution in [3.63, 3.8) is 0 Å². The molecule has 88 valence electrons. The Morgan fingerprint density at radius 1 is 1.47 bits per heavy atom. The smallest absolute Gasteiger partial charge is 0.163 e. The molecule has 0 aromatic heterocycles. The highest BCUT2D eigenvalue weighted by atomic mass is 16.7. The van der Waals surface area contributed by atoms with Gasteiger partial charge in [-0.1, -0.05) is 26.0 Å². The third-order valence-corrected chi connectivity index (χ3v) is 2.11. The highest BCUT2D eigenvalue weighted by molar-refractivity contribution is 4.84. The van der Waals surface area contributed by atoms with Gasteiger partial charge in [0, 0.05) is 0 Å². The van der Waals surface area contributed by atoms with Crippen molar-refractivity contribution in [1.82, 2.24) is 0 Å². The summed E-state index contributed by atoms with van der Waals surface area (Å²) in [5, 5.41) is 0. The number of ether oxygens (including phenoxy) is 3. The standard InChI is InChI=1S/C12H22O3/c1-10(2)6-5-7-13-8-11-9-14-12(3,4)15-11/h5-6,10-11H,7-9H2,1-4H3/b6-5+. The van der Waals surface area contributed by atoms with Crippen molar-refractivity contribution in [3.8, 4) is 0 Å². The van der Waals surface area contributed by atoms with Crippen LogP contribution < -0.4 is 0 Å². The van der Waals surface area contributed by atoms with E-state index in [2.05, 4.69) is 19.9 Å². The van der Waals surface area contributed by atoms with Gasteiger partial charge in [-0.15, -0.1) is 0 Å². The van der Waals surface area contributed by atoms with Gasteiger partial charge < -0.3 is 14.2 Å². The topological polar surface area (TPSA) is 27.7 Å². The summed E-state index contributed by atoms with van der Waals surface area (Å²) in [6, 6.07) is 0. The lowest BCUT2D eigenvalue weighted by molar-refractivity contribution is -0.144. The third kappa shape index (κ3) is 5.30. The van der Waals surface area contributed by atoms with E-state index in [-0.39, 0.29) is 6.10 Å². The minimum atomic E-state index is -0.443. The molecule has 0 N–H and O–H groups in total. The van der Waals surface area contributed by atoms with Gasteiger partial charge in [-0.2, -0.15) is 0 Å². The fraction of sp³-hybridized carbons (Fsp3) is 0.833. The molecule has 0 amide bonds. The number of hydrogen-bond donors (Lipinski definition) is 0. The van der Waals surface area contributed by atoms with E-state index in [1.165, 1.54) is 0 Å². The Kier molecular flexibility index (Phi) is 4.77. The van der Waals surface area contributed by atoms with Crippen LogP contribution in [0.25, 0.3) is 0 Å². The molecule has 1 atom stereocenters. The van der Waals surface area contributed by atoms with Crippen LogP contribution in [0.1, 0.15) is 27.7 Å². The van der Waals surface area contributed by atoms with E-state index in [1.54, 1.807) is 0 Å². The number of allylic oxidation sites excluding steroid dienone is 1. The van der Waals surface area contributed by atoms with E-state index >= 15 is 0 Å².